The number of nitriles is 1. The molecule has 2 aliphatic rings. The van der Waals surface area contributed by atoms with E-state index in [2.05, 4.69) is 4.72 Å². The average molecular weight is 290 g/mol. The molecular formula is C15H18N2O2S. The van der Waals surface area contributed by atoms with E-state index in [1.54, 1.807) is 0 Å². The lowest BCUT2D eigenvalue weighted by Crippen LogP contribution is -2.31. The standard InChI is InChI=1S/C15H18N2O2S/c16-9-11-1-7-14(8-2-11)20(18,19)17-10-15(12-3-4-12)13-5-6-13/h1-2,7-8,12-13,15,17H,3-6,10H2. The lowest BCUT2D eigenvalue weighted by molar-refractivity contribution is 0.401. The average Bonchev–Trinajstić information content (AvgIpc) is 3.32. The van der Waals surface area contributed by atoms with Crippen LogP contribution in [0.2, 0.25) is 0 Å². The molecule has 20 heavy (non-hydrogen) atoms. The second kappa shape index (κ2) is 5.19. The first-order valence-corrected chi connectivity index (χ1v) is 8.58. The van der Waals surface area contributed by atoms with Crippen molar-refractivity contribution in [2.75, 3.05) is 6.54 Å². The Balaban J connectivity index is 1.66. The fraction of sp³-hybridized carbons (Fsp3) is 0.533. The molecule has 5 heteroatoms. The quantitative estimate of drug-likeness (QED) is 0.873. The first-order valence-electron chi connectivity index (χ1n) is 7.10. The van der Waals surface area contributed by atoms with Crippen LogP contribution in [-0.2, 0) is 10.0 Å². The van der Waals surface area contributed by atoms with Crippen LogP contribution < -0.4 is 4.72 Å². The summed E-state index contributed by atoms with van der Waals surface area (Å²) in [5.41, 5.74) is 0.470. The van der Waals surface area contributed by atoms with Gasteiger partial charge in [0.1, 0.15) is 0 Å². The van der Waals surface area contributed by atoms with Gasteiger partial charge in [0.15, 0.2) is 0 Å². The van der Waals surface area contributed by atoms with Gasteiger partial charge in [-0.05, 0) is 67.7 Å². The Labute approximate surface area is 119 Å². The highest BCUT2D eigenvalue weighted by atomic mass is 32.2. The van der Waals surface area contributed by atoms with Crippen molar-refractivity contribution in [2.24, 2.45) is 17.8 Å². The zero-order valence-corrected chi connectivity index (χ0v) is 12.1. The molecular weight excluding hydrogens is 272 g/mol. The van der Waals surface area contributed by atoms with Crippen LogP contribution in [0.4, 0.5) is 0 Å². The topological polar surface area (TPSA) is 70.0 Å². The molecule has 0 aliphatic heterocycles. The van der Waals surface area contributed by atoms with Crippen LogP contribution in [0, 0.1) is 29.1 Å². The Morgan fingerprint density at radius 2 is 1.70 bits per heavy atom. The summed E-state index contributed by atoms with van der Waals surface area (Å²) in [6.07, 6.45) is 5.00. The van der Waals surface area contributed by atoms with Crippen LogP contribution >= 0.6 is 0 Å². The number of hydrogen-bond acceptors (Lipinski definition) is 3. The first-order chi connectivity index (χ1) is 9.60. The maximum absolute atomic E-state index is 12.2. The highest BCUT2D eigenvalue weighted by Gasteiger charge is 2.41. The van der Waals surface area contributed by atoms with Crippen molar-refractivity contribution in [2.45, 2.75) is 30.6 Å². The zero-order valence-electron chi connectivity index (χ0n) is 11.2. The van der Waals surface area contributed by atoms with Crippen LogP contribution in [0.3, 0.4) is 0 Å². The largest absolute Gasteiger partial charge is 0.240 e. The van der Waals surface area contributed by atoms with E-state index in [9.17, 15) is 8.42 Å². The summed E-state index contributed by atoms with van der Waals surface area (Å²) in [5.74, 6) is 1.97. The molecule has 0 amide bonds. The van der Waals surface area contributed by atoms with E-state index in [0.29, 0.717) is 18.0 Å². The van der Waals surface area contributed by atoms with Gasteiger partial charge in [-0.2, -0.15) is 5.26 Å². The molecule has 0 heterocycles. The van der Waals surface area contributed by atoms with Gasteiger partial charge < -0.3 is 0 Å². The predicted molar refractivity (Wildman–Crippen MR) is 75.3 cm³/mol. The van der Waals surface area contributed by atoms with E-state index < -0.39 is 10.0 Å². The Morgan fingerprint density at radius 3 is 2.15 bits per heavy atom. The van der Waals surface area contributed by atoms with Gasteiger partial charge in [0.2, 0.25) is 10.0 Å². The van der Waals surface area contributed by atoms with Crippen molar-refractivity contribution < 1.29 is 8.42 Å². The lowest BCUT2D eigenvalue weighted by Gasteiger charge is -2.16. The van der Waals surface area contributed by atoms with E-state index in [-0.39, 0.29) is 4.90 Å². The molecule has 2 aliphatic carbocycles. The predicted octanol–water partition coefficient (Wildman–Crippen LogP) is 2.27. The first kappa shape index (κ1) is 13.6. The molecule has 2 saturated carbocycles. The maximum atomic E-state index is 12.2. The van der Waals surface area contributed by atoms with Crippen LogP contribution in [0.1, 0.15) is 31.2 Å². The van der Waals surface area contributed by atoms with Crippen LogP contribution in [0.15, 0.2) is 29.2 Å². The van der Waals surface area contributed by atoms with E-state index in [1.807, 2.05) is 6.07 Å². The molecule has 1 aromatic rings. The van der Waals surface area contributed by atoms with Crippen molar-refractivity contribution in [1.29, 1.82) is 5.26 Å². The van der Waals surface area contributed by atoms with Gasteiger partial charge in [0.05, 0.1) is 16.5 Å². The summed E-state index contributed by atoms with van der Waals surface area (Å²) >= 11 is 0. The van der Waals surface area contributed by atoms with Crippen molar-refractivity contribution in [3.8, 4) is 6.07 Å². The molecule has 0 radical (unpaired) electrons. The Kier molecular flexibility index (Phi) is 3.53. The minimum atomic E-state index is -3.45. The maximum Gasteiger partial charge on any atom is 0.240 e. The zero-order chi connectivity index (χ0) is 14.2. The number of rotatable bonds is 6. The fourth-order valence-corrected chi connectivity index (χ4v) is 3.84. The Bertz CT molecular complexity index is 611. The molecule has 0 spiro atoms. The van der Waals surface area contributed by atoms with Crippen molar-refractivity contribution in [1.82, 2.24) is 4.72 Å². The van der Waals surface area contributed by atoms with Gasteiger partial charge >= 0.3 is 0 Å². The number of sulfonamides is 1. The van der Waals surface area contributed by atoms with Crippen LogP contribution in [0.5, 0.6) is 0 Å². The third kappa shape index (κ3) is 3.02. The van der Waals surface area contributed by atoms with Gasteiger partial charge in [0.25, 0.3) is 0 Å². The van der Waals surface area contributed by atoms with Crippen molar-refractivity contribution >= 4 is 10.0 Å². The summed E-state index contributed by atoms with van der Waals surface area (Å²) < 4.78 is 27.2. The van der Waals surface area contributed by atoms with Gasteiger partial charge in [-0.25, -0.2) is 13.1 Å². The molecule has 0 unspecified atom stereocenters. The summed E-state index contributed by atoms with van der Waals surface area (Å²) in [4.78, 5) is 0.238. The van der Waals surface area contributed by atoms with Crippen LogP contribution in [0.25, 0.3) is 0 Å². The van der Waals surface area contributed by atoms with Gasteiger partial charge in [-0.3, -0.25) is 0 Å². The molecule has 106 valence electrons. The monoisotopic (exact) mass is 290 g/mol. The minimum Gasteiger partial charge on any atom is -0.211 e. The summed E-state index contributed by atoms with van der Waals surface area (Å²) in [6.45, 7) is 0.553. The highest BCUT2D eigenvalue weighted by Crippen LogP contribution is 2.48. The molecule has 0 aromatic heterocycles. The summed E-state index contributed by atoms with van der Waals surface area (Å²) in [7, 11) is -3.45. The number of nitrogens with zero attached hydrogens (tertiary/aromatic N) is 1. The molecule has 0 saturated heterocycles. The third-order valence-corrected chi connectivity index (χ3v) is 5.70. The number of nitrogens with one attached hydrogen (secondary N) is 1. The molecule has 3 rings (SSSR count). The van der Waals surface area contributed by atoms with Crippen LogP contribution in [-0.4, -0.2) is 15.0 Å². The molecule has 1 aromatic carbocycles. The fourth-order valence-electron chi connectivity index (χ4n) is 2.76. The molecule has 2 fully saturated rings. The van der Waals surface area contributed by atoms with Crippen molar-refractivity contribution in [3.05, 3.63) is 29.8 Å². The van der Waals surface area contributed by atoms with Crippen molar-refractivity contribution in [3.63, 3.8) is 0 Å². The second-order valence-electron chi connectivity index (χ2n) is 5.83. The Hall–Kier alpha value is -1.38. The number of hydrogen-bond donors (Lipinski definition) is 1. The normalized spacial score (nSPS) is 19.0. The molecule has 4 nitrogen and oxygen atoms in total. The smallest absolute Gasteiger partial charge is 0.211 e. The highest BCUT2D eigenvalue weighted by molar-refractivity contribution is 7.89. The molecule has 0 atom stereocenters. The van der Waals surface area contributed by atoms with E-state index in [1.165, 1.54) is 49.9 Å². The van der Waals surface area contributed by atoms with E-state index in [4.69, 9.17) is 5.26 Å². The summed E-state index contributed by atoms with van der Waals surface area (Å²) in [5, 5.41) is 8.73. The lowest BCUT2D eigenvalue weighted by atomic mass is 9.99. The van der Waals surface area contributed by atoms with E-state index in [0.717, 1.165) is 11.8 Å². The third-order valence-electron chi connectivity index (χ3n) is 4.26. The van der Waals surface area contributed by atoms with E-state index >= 15 is 0 Å². The van der Waals surface area contributed by atoms with Gasteiger partial charge in [0, 0.05) is 6.54 Å². The number of benzene rings is 1. The van der Waals surface area contributed by atoms with Gasteiger partial charge in [-0.1, -0.05) is 0 Å². The Morgan fingerprint density at radius 1 is 1.15 bits per heavy atom. The summed E-state index contributed by atoms with van der Waals surface area (Å²) in [6, 6.07) is 8.04. The SMILES string of the molecule is N#Cc1ccc(S(=O)(=O)NCC(C2CC2)C2CC2)cc1. The van der Waals surface area contributed by atoms with Gasteiger partial charge in [-0.15, -0.1) is 0 Å². The second-order valence-corrected chi connectivity index (χ2v) is 7.59. The molecule has 0 bridgehead atoms. The minimum absolute atomic E-state index is 0.238. The molecule has 1 N–H and O–H groups in total.